The number of piperidine rings is 2. The van der Waals surface area contributed by atoms with Gasteiger partial charge < -0.3 is 4.90 Å². The van der Waals surface area contributed by atoms with Crippen LogP contribution in [0.2, 0.25) is 10.0 Å². The molecule has 4 aliphatic rings. The number of hydrogen-bond donors (Lipinski definition) is 1. The summed E-state index contributed by atoms with van der Waals surface area (Å²) in [7, 11) is 0. The molecule has 42 heavy (non-hydrogen) atoms. The number of likely N-dealkylation sites (tertiary alicyclic amines) is 1. The van der Waals surface area contributed by atoms with E-state index >= 15 is 13.2 Å². The van der Waals surface area contributed by atoms with Gasteiger partial charge in [-0.25, -0.2) is 13.2 Å². The summed E-state index contributed by atoms with van der Waals surface area (Å²) in [5, 5.41) is 3.14. The van der Waals surface area contributed by atoms with Crippen molar-refractivity contribution in [3.8, 4) is 0 Å². The molecule has 2 unspecified atom stereocenters. The average Bonchev–Trinajstić information content (AvgIpc) is 3.28. The van der Waals surface area contributed by atoms with E-state index in [1.54, 1.807) is 15.9 Å². The number of fused-ring (bicyclic) bond motifs is 1. The second-order valence-electron chi connectivity index (χ2n) is 11.3. The molecule has 4 aliphatic heterocycles. The van der Waals surface area contributed by atoms with Crippen LogP contribution in [0.15, 0.2) is 36.4 Å². The minimum Gasteiger partial charge on any atom is -0.322 e. The van der Waals surface area contributed by atoms with E-state index in [0.29, 0.717) is 36.1 Å². The summed E-state index contributed by atoms with van der Waals surface area (Å²) < 4.78 is 46.6. The van der Waals surface area contributed by atoms with Crippen LogP contribution in [-0.4, -0.2) is 76.6 Å². The summed E-state index contributed by atoms with van der Waals surface area (Å²) in [5.41, 5.74) is 2.34. The molecule has 0 radical (unpaired) electrons. The standard InChI is InChI=1S/C30H29Cl2F3N4O3/c31-22-3-1-2-19(26(22)32)17-8-12-38(13-9-17)24-10-11-37(16-30(24,34)35)14-18-4-5-20-21(27(18)33)15-39(29(20)42)23-6-7-25(40)36-28(23)41/h1-5,8,23-24H,6-7,9-16H2,(H,36,40,41). The van der Waals surface area contributed by atoms with Gasteiger partial charge in [0.2, 0.25) is 11.8 Å². The SMILES string of the molecule is O=C1CCC(N2Cc3c(ccc(CN4CCC(N5CC=C(c6cccc(Cl)c6Cl)CC5)C(F)(F)C4)c3F)C2=O)C(=O)N1. The Labute approximate surface area is 251 Å². The topological polar surface area (TPSA) is 73.0 Å². The van der Waals surface area contributed by atoms with Gasteiger partial charge >= 0.3 is 0 Å². The first-order valence-corrected chi connectivity index (χ1v) is 14.7. The lowest BCUT2D eigenvalue weighted by atomic mass is 9.94. The number of amides is 3. The van der Waals surface area contributed by atoms with Gasteiger partial charge in [0.1, 0.15) is 11.9 Å². The van der Waals surface area contributed by atoms with Crippen molar-refractivity contribution in [2.24, 2.45) is 0 Å². The maximum Gasteiger partial charge on any atom is 0.275 e. The third kappa shape index (κ3) is 5.34. The number of alkyl halides is 2. The number of nitrogens with one attached hydrogen (secondary N) is 1. The summed E-state index contributed by atoms with van der Waals surface area (Å²) >= 11 is 12.5. The van der Waals surface area contributed by atoms with E-state index in [-0.39, 0.29) is 49.0 Å². The largest absolute Gasteiger partial charge is 0.322 e. The fraction of sp³-hybridized carbons (Fsp3) is 0.433. The van der Waals surface area contributed by atoms with Crippen LogP contribution < -0.4 is 5.32 Å². The third-order valence-electron chi connectivity index (χ3n) is 8.74. The number of benzene rings is 2. The Kier molecular flexibility index (Phi) is 7.84. The molecule has 2 atom stereocenters. The molecule has 1 N–H and O–H groups in total. The van der Waals surface area contributed by atoms with E-state index in [1.807, 2.05) is 18.2 Å². The number of imide groups is 1. The first kappa shape index (κ1) is 29.2. The molecule has 0 saturated carbocycles. The Hall–Kier alpha value is -2.92. The summed E-state index contributed by atoms with van der Waals surface area (Å²) in [5.74, 6) is -5.09. The molecular weight excluding hydrogens is 592 g/mol. The molecule has 6 rings (SSSR count). The average molecular weight is 621 g/mol. The predicted molar refractivity (Wildman–Crippen MR) is 152 cm³/mol. The smallest absolute Gasteiger partial charge is 0.275 e. The Bertz CT molecular complexity index is 1500. The molecular formula is C30H29Cl2F3N4O3. The van der Waals surface area contributed by atoms with Gasteiger partial charge in [-0.05, 0) is 42.5 Å². The molecule has 7 nitrogen and oxygen atoms in total. The van der Waals surface area contributed by atoms with Crippen molar-refractivity contribution >= 4 is 46.5 Å². The van der Waals surface area contributed by atoms with E-state index in [4.69, 9.17) is 23.2 Å². The van der Waals surface area contributed by atoms with Crippen LogP contribution in [0.25, 0.3) is 5.57 Å². The van der Waals surface area contributed by atoms with Crippen molar-refractivity contribution in [1.82, 2.24) is 20.0 Å². The number of halogens is 5. The predicted octanol–water partition coefficient (Wildman–Crippen LogP) is 4.89. The zero-order valence-corrected chi connectivity index (χ0v) is 24.2. The quantitative estimate of drug-likeness (QED) is 0.482. The first-order valence-electron chi connectivity index (χ1n) is 14.0. The highest BCUT2D eigenvalue weighted by Gasteiger charge is 2.48. The molecule has 0 bridgehead atoms. The molecule has 4 heterocycles. The van der Waals surface area contributed by atoms with Crippen molar-refractivity contribution in [3.05, 3.63) is 74.5 Å². The van der Waals surface area contributed by atoms with Crippen molar-refractivity contribution in [3.63, 3.8) is 0 Å². The minimum atomic E-state index is -3.01. The molecule has 3 amide bonds. The lowest BCUT2D eigenvalue weighted by molar-refractivity contribution is -0.136. The van der Waals surface area contributed by atoms with Gasteiger partial charge in [0.25, 0.3) is 11.8 Å². The number of carbonyl (C=O) groups excluding carboxylic acids is 3. The van der Waals surface area contributed by atoms with Crippen LogP contribution in [0, 0.1) is 5.82 Å². The molecule has 0 spiro atoms. The fourth-order valence-corrected chi connectivity index (χ4v) is 6.99. The summed E-state index contributed by atoms with van der Waals surface area (Å²) in [6.07, 6.45) is 3.00. The summed E-state index contributed by atoms with van der Waals surface area (Å²) in [6, 6.07) is 6.57. The van der Waals surface area contributed by atoms with Gasteiger partial charge in [0.05, 0.1) is 29.2 Å². The highest BCUT2D eigenvalue weighted by Crippen LogP contribution is 2.38. The molecule has 0 aliphatic carbocycles. The first-order chi connectivity index (χ1) is 20.0. The second kappa shape index (κ2) is 11.3. The zero-order valence-electron chi connectivity index (χ0n) is 22.6. The van der Waals surface area contributed by atoms with Gasteiger partial charge in [0.15, 0.2) is 0 Å². The van der Waals surface area contributed by atoms with Crippen molar-refractivity contribution in [2.75, 3.05) is 26.2 Å². The number of hydrogen-bond acceptors (Lipinski definition) is 5. The van der Waals surface area contributed by atoms with Crippen LogP contribution >= 0.6 is 23.2 Å². The zero-order chi connectivity index (χ0) is 29.8. The van der Waals surface area contributed by atoms with Crippen LogP contribution in [-0.2, 0) is 22.7 Å². The molecule has 2 aromatic carbocycles. The molecule has 2 saturated heterocycles. The van der Waals surface area contributed by atoms with E-state index in [1.165, 1.54) is 17.0 Å². The van der Waals surface area contributed by atoms with Crippen LogP contribution in [0.5, 0.6) is 0 Å². The molecule has 2 fully saturated rings. The molecule has 2 aromatic rings. The molecule has 0 aromatic heterocycles. The van der Waals surface area contributed by atoms with E-state index < -0.39 is 48.1 Å². The summed E-state index contributed by atoms with van der Waals surface area (Å²) in [6.45, 7) is 0.560. The molecule has 222 valence electrons. The monoisotopic (exact) mass is 620 g/mol. The summed E-state index contributed by atoms with van der Waals surface area (Å²) in [4.78, 5) is 41.4. The highest BCUT2D eigenvalue weighted by atomic mass is 35.5. The number of carbonyl (C=O) groups is 3. The lowest BCUT2D eigenvalue weighted by Gasteiger charge is -2.44. The third-order valence-corrected chi connectivity index (χ3v) is 9.56. The number of nitrogens with zero attached hydrogens (tertiary/aromatic N) is 3. The van der Waals surface area contributed by atoms with Crippen LogP contribution in [0.4, 0.5) is 13.2 Å². The second-order valence-corrected chi connectivity index (χ2v) is 12.1. The van der Waals surface area contributed by atoms with Crippen molar-refractivity contribution in [2.45, 2.75) is 56.8 Å². The minimum absolute atomic E-state index is 0.0225. The van der Waals surface area contributed by atoms with Crippen LogP contribution in [0.1, 0.15) is 52.7 Å². The van der Waals surface area contributed by atoms with Gasteiger partial charge in [-0.2, -0.15) is 0 Å². The van der Waals surface area contributed by atoms with E-state index in [9.17, 15) is 14.4 Å². The van der Waals surface area contributed by atoms with Gasteiger partial charge in [-0.3, -0.25) is 29.5 Å². The molecule has 12 heteroatoms. The van der Waals surface area contributed by atoms with E-state index in [0.717, 1.165) is 11.1 Å². The fourth-order valence-electron chi connectivity index (χ4n) is 6.56. The van der Waals surface area contributed by atoms with Crippen molar-refractivity contribution < 1.29 is 27.6 Å². The van der Waals surface area contributed by atoms with Crippen molar-refractivity contribution in [1.29, 1.82) is 0 Å². The number of rotatable bonds is 5. The Morgan fingerprint density at radius 1 is 1.00 bits per heavy atom. The highest BCUT2D eigenvalue weighted by molar-refractivity contribution is 6.43. The van der Waals surface area contributed by atoms with Gasteiger partial charge in [0, 0.05) is 49.3 Å². The maximum absolute atomic E-state index is 15.6. The Morgan fingerprint density at radius 3 is 2.52 bits per heavy atom. The lowest BCUT2D eigenvalue weighted by Crippen LogP contribution is -2.58. The normalized spacial score (nSPS) is 24.9. The van der Waals surface area contributed by atoms with Gasteiger partial charge in [-0.15, -0.1) is 0 Å². The maximum atomic E-state index is 15.6. The Balaban J connectivity index is 1.10. The van der Waals surface area contributed by atoms with E-state index in [2.05, 4.69) is 5.32 Å². The van der Waals surface area contributed by atoms with Gasteiger partial charge in [-0.1, -0.05) is 47.5 Å². The van der Waals surface area contributed by atoms with Crippen LogP contribution in [0.3, 0.4) is 0 Å². The Morgan fingerprint density at radius 2 is 1.81 bits per heavy atom.